The van der Waals surface area contributed by atoms with Crippen molar-refractivity contribution in [2.75, 3.05) is 13.1 Å². The molecule has 1 amide bonds. The average molecular weight is 406 g/mol. The molecule has 30 heavy (non-hydrogen) atoms. The molecule has 0 spiro atoms. The molecule has 1 aliphatic rings. The summed E-state index contributed by atoms with van der Waals surface area (Å²) in [6, 6.07) is 18.9. The number of carbonyl (C=O) groups excluding carboxylic acids is 1. The summed E-state index contributed by atoms with van der Waals surface area (Å²) in [7, 11) is 0. The van der Waals surface area contributed by atoms with Gasteiger partial charge in [-0.3, -0.25) is 9.69 Å². The Morgan fingerprint density at radius 3 is 2.63 bits per heavy atom. The third kappa shape index (κ3) is 5.07. The molecule has 0 aliphatic carbocycles. The predicted molar refractivity (Wildman–Crippen MR) is 115 cm³/mol. The highest BCUT2D eigenvalue weighted by Gasteiger charge is 2.23. The molecule has 0 bridgehead atoms. The first-order valence-electron chi connectivity index (χ1n) is 10.3. The van der Waals surface area contributed by atoms with Gasteiger partial charge in [0.15, 0.2) is 6.10 Å². The highest BCUT2D eigenvalue weighted by atomic mass is 16.5. The lowest BCUT2D eigenvalue weighted by Crippen LogP contribution is -2.47. The van der Waals surface area contributed by atoms with Gasteiger partial charge in [0, 0.05) is 43.2 Å². The number of benzene rings is 2. The summed E-state index contributed by atoms with van der Waals surface area (Å²) < 4.78 is 11.0. The summed E-state index contributed by atoms with van der Waals surface area (Å²) in [5.41, 5.74) is 1.34. The van der Waals surface area contributed by atoms with E-state index in [1.54, 1.807) is 31.2 Å². The average Bonchev–Trinajstić information content (AvgIpc) is 2.75. The predicted octanol–water partition coefficient (Wildman–Crippen LogP) is 3.34. The molecule has 2 heterocycles. The molecule has 1 atom stereocenters. The molecule has 0 saturated carbocycles. The molecule has 0 radical (unpaired) electrons. The molecular formula is C24H26N2O4. The maximum absolute atomic E-state index is 12.6. The zero-order valence-electron chi connectivity index (χ0n) is 17.0. The van der Waals surface area contributed by atoms with Crippen molar-refractivity contribution in [2.24, 2.45) is 0 Å². The molecule has 1 fully saturated rings. The third-order valence-corrected chi connectivity index (χ3v) is 5.46. The van der Waals surface area contributed by atoms with Crippen LogP contribution < -0.4 is 15.7 Å². The zero-order chi connectivity index (χ0) is 20.9. The van der Waals surface area contributed by atoms with Crippen LogP contribution in [0.5, 0.6) is 5.75 Å². The van der Waals surface area contributed by atoms with Gasteiger partial charge in [-0.2, -0.15) is 0 Å². The molecule has 4 rings (SSSR count). The summed E-state index contributed by atoms with van der Waals surface area (Å²) in [6.45, 7) is 4.59. The maximum atomic E-state index is 12.6. The fourth-order valence-electron chi connectivity index (χ4n) is 3.77. The van der Waals surface area contributed by atoms with Gasteiger partial charge in [-0.15, -0.1) is 0 Å². The highest BCUT2D eigenvalue weighted by Crippen LogP contribution is 2.21. The molecule has 2 aromatic carbocycles. The van der Waals surface area contributed by atoms with Crippen LogP contribution in [0.25, 0.3) is 11.0 Å². The van der Waals surface area contributed by atoms with Crippen molar-refractivity contribution in [1.82, 2.24) is 10.2 Å². The number of hydrogen-bond donors (Lipinski definition) is 1. The normalized spacial score (nSPS) is 16.3. The summed E-state index contributed by atoms with van der Waals surface area (Å²) in [4.78, 5) is 26.4. The lowest BCUT2D eigenvalue weighted by Gasteiger charge is -2.32. The van der Waals surface area contributed by atoms with Crippen LogP contribution in [0.4, 0.5) is 0 Å². The lowest BCUT2D eigenvalue weighted by molar-refractivity contribution is -0.128. The Kier molecular flexibility index (Phi) is 6.14. The minimum atomic E-state index is -0.639. The first-order chi connectivity index (χ1) is 14.6. The van der Waals surface area contributed by atoms with Crippen LogP contribution in [-0.2, 0) is 11.3 Å². The second-order valence-electron chi connectivity index (χ2n) is 7.76. The van der Waals surface area contributed by atoms with Gasteiger partial charge in [0.2, 0.25) is 0 Å². The molecule has 6 nitrogen and oxygen atoms in total. The number of nitrogens with zero attached hydrogens (tertiary/aromatic N) is 1. The van der Waals surface area contributed by atoms with E-state index in [0.717, 1.165) is 37.9 Å². The van der Waals surface area contributed by atoms with Crippen LogP contribution in [0.15, 0.2) is 69.9 Å². The van der Waals surface area contributed by atoms with Crippen molar-refractivity contribution < 1.29 is 13.9 Å². The molecule has 156 valence electrons. The van der Waals surface area contributed by atoms with Gasteiger partial charge in [-0.05, 0) is 43.5 Å². The van der Waals surface area contributed by atoms with E-state index >= 15 is 0 Å². The number of ether oxygens (including phenoxy) is 1. The van der Waals surface area contributed by atoms with Gasteiger partial charge in [-0.25, -0.2) is 4.79 Å². The molecular weight excluding hydrogens is 380 g/mol. The first-order valence-corrected chi connectivity index (χ1v) is 10.3. The van der Waals surface area contributed by atoms with Crippen LogP contribution in [0.2, 0.25) is 0 Å². The number of fused-ring (bicyclic) bond motifs is 1. The van der Waals surface area contributed by atoms with Crippen molar-refractivity contribution in [3.05, 3.63) is 76.6 Å². The van der Waals surface area contributed by atoms with Gasteiger partial charge < -0.3 is 14.5 Å². The van der Waals surface area contributed by atoms with Crippen molar-refractivity contribution in [3.8, 4) is 5.75 Å². The minimum Gasteiger partial charge on any atom is -0.481 e. The van der Waals surface area contributed by atoms with Crippen molar-refractivity contribution in [2.45, 2.75) is 38.5 Å². The Hall–Kier alpha value is -3.12. The Labute approximate surface area is 175 Å². The van der Waals surface area contributed by atoms with Crippen LogP contribution in [0.1, 0.15) is 25.3 Å². The van der Waals surface area contributed by atoms with Crippen molar-refractivity contribution >= 4 is 16.9 Å². The van der Waals surface area contributed by atoms with Crippen molar-refractivity contribution in [1.29, 1.82) is 0 Å². The number of nitrogens with one attached hydrogen (secondary N) is 1. The van der Waals surface area contributed by atoms with Gasteiger partial charge in [0.1, 0.15) is 11.3 Å². The number of piperidine rings is 1. The standard InChI is InChI=1S/C24H26N2O4/c1-17(29-21-9-7-19-8-10-23(27)30-22(19)15-21)24(28)25-20-11-13-26(14-12-20)16-18-5-3-2-4-6-18/h2-10,15,17,20H,11-14,16H2,1H3,(H,25,28)/t17-/m1/s1. The van der Waals surface area contributed by atoms with E-state index in [4.69, 9.17) is 9.15 Å². The fraction of sp³-hybridized carbons (Fsp3) is 0.333. The number of hydrogen-bond acceptors (Lipinski definition) is 5. The molecule has 1 aliphatic heterocycles. The molecule has 6 heteroatoms. The Morgan fingerprint density at radius 1 is 1.13 bits per heavy atom. The molecule has 0 unspecified atom stereocenters. The minimum absolute atomic E-state index is 0.133. The topological polar surface area (TPSA) is 71.8 Å². The summed E-state index contributed by atoms with van der Waals surface area (Å²) in [6.07, 6.45) is 1.21. The zero-order valence-corrected chi connectivity index (χ0v) is 17.0. The van der Waals surface area contributed by atoms with Crippen LogP contribution >= 0.6 is 0 Å². The van der Waals surface area contributed by atoms with Gasteiger partial charge in [-0.1, -0.05) is 30.3 Å². The summed E-state index contributed by atoms with van der Waals surface area (Å²) in [5.74, 6) is 0.364. The number of rotatable bonds is 6. The summed E-state index contributed by atoms with van der Waals surface area (Å²) in [5, 5.41) is 3.91. The molecule has 1 saturated heterocycles. The van der Waals surface area contributed by atoms with E-state index in [1.807, 2.05) is 6.07 Å². The smallest absolute Gasteiger partial charge is 0.336 e. The van der Waals surface area contributed by atoms with E-state index in [9.17, 15) is 9.59 Å². The monoisotopic (exact) mass is 406 g/mol. The molecule has 1 aromatic heterocycles. The SMILES string of the molecule is C[C@@H](Oc1ccc2ccc(=O)oc2c1)C(=O)NC1CCN(Cc2ccccc2)CC1. The first kappa shape index (κ1) is 20.2. The third-order valence-electron chi connectivity index (χ3n) is 5.46. The fourth-order valence-corrected chi connectivity index (χ4v) is 3.77. The van der Waals surface area contributed by atoms with E-state index in [0.29, 0.717) is 11.3 Å². The number of amides is 1. The number of carbonyl (C=O) groups is 1. The van der Waals surface area contributed by atoms with Crippen LogP contribution in [0.3, 0.4) is 0 Å². The van der Waals surface area contributed by atoms with Crippen molar-refractivity contribution in [3.63, 3.8) is 0 Å². The highest BCUT2D eigenvalue weighted by molar-refractivity contribution is 5.81. The molecule has 3 aromatic rings. The Balaban J connectivity index is 1.27. The largest absolute Gasteiger partial charge is 0.481 e. The van der Waals surface area contributed by atoms with Gasteiger partial charge in [0.25, 0.3) is 5.91 Å². The van der Waals surface area contributed by atoms with E-state index in [2.05, 4.69) is 34.5 Å². The van der Waals surface area contributed by atoms with Gasteiger partial charge >= 0.3 is 5.63 Å². The molecule has 1 N–H and O–H groups in total. The van der Waals surface area contributed by atoms with E-state index in [-0.39, 0.29) is 11.9 Å². The Bertz CT molecular complexity index is 1060. The van der Waals surface area contributed by atoms with Gasteiger partial charge in [0.05, 0.1) is 0 Å². The van der Waals surface area contributed by atoms with E-state index < -0.39 is 11.7 Å². The summed E-state index contributed by atoms with van der Waals surface area (Å²) >= 11 is 0. The van der Waals surface area contributed by atoms with E-state index in [1.165, 1.54) is 11.6 Å². The Morgan fingerprint density at radius 2 is 1.87 bits per heavy atom. The quantitative estimate of drug-likeness (QED) is 0.636. The number of likely N-dealkylation sites (tertiary alicyclic amines) is 1. The second-order valence-corrected chi connectivity index (χ2v) is 7.76. The van der Waals surface area contributed by atoms with Crippen LogP contribution in [0, 0.1) is 0 Å². The maximum Gasteiger partial charge on any atom is 0.336 e. The second kappa shape index (κ2) is 9.13. The van der Waals surface area contributed by atoms with Crippen LogP contribution in [-0.4, -0.2) is 36.0 Å². The lowest BCUT2D eigenvalue weighted by atomic mass is 10.0.